The highest BCUT2D eigenvalue weighted by Crippen LogP contribution is 2.20. The maximum Gasteiger partial charge on any atom is 0.321 e. The number of likely N-dealkylation sites (tertiary alicyclic amines) is 1. The van der Waals surface area contributed by atoms with Crippen molar-refractivity contribution in [3.63, 3.8) is 0 Å². The molecule has 1 heterocycles. The van der Waals surface area contributed by atoms with Gasteiger partial charge in [-0.25, -0.2) is 9.18 Å². The van der Waals surface area contributed by atoms with Crippen LogP contribution in [0, 0.1) is 5.82 Å². The molecule has 0 spiro atoms. The van der Waals surface area contributed by atoms with E-state index >= 15 is 0 Å². The lowest BCUT2D eigenvalue weighted by Crippen LogP contribution is -2.38. The molecule has 2 rings (SSSR count). The molecule has 5 heteroatoms. The Bertz CT molecular complexity index is 416. The van der Waals surface area contributed by atoms with E-state index in [9.17, 15) is 9.18 Å². The average molecular weight is 237 g/mol. The van der Waals surface area contributed by atoms with Crippen LogP contribution in [0.1, 0.15) is 19.3 Å². The fourth-order valence-electron chi connectivity index (χ4n) is 1.93. The van der Waals surface area contributed by atoms with Gasteiger partial charge in [0, 0.05) is 13.1 Å². The summed E-state index contributed by atoms with van der Waals surface area (Å²) in [6, 6.07) is 3.74. The zero-order valence-electron chi connectivity index (χ0n) is 9.58. The van der Waals surface area contributed by atoms with E-state index in [1.807, 2.05) is 0 Å². The average Bonchev–Trinajstić information content (AvgIpc) is 2.35. The molecule has 0 radical (unpaired) electrons. The molecule has 1 fully saturated rings. The number of nitrogens with zero attached hydrogens (tertiary/aromatic N) is 1. The first-order valence-corrected chi connectivity index (χ1v) is 5.78. The molecular weight excluding hydrogens is 221 g/mol. The van der Waals surface area contributed by atoms with E-state index in [1.165, 1.54) is 18.2 Å². The van der Waals surface area contributed by atoms with Crippen LogP contribution < -0.4 is 11.1 Å². The molecule has 0 atom stereocenters. The van der Waals surface area contributed by atoms with E-state index in [2.05, 4.69) is 5.32 Å². The highest BCUT2D eigenvalue weighted by atomic mass is 19.1. The third-order valence-corrected chi connectivity index (χ3v) is 2.90. The zero-order chi connectivity index (χ0) is 12.3. The van der Waals surface area contributed by atoms with E-state index in [0.717, 1.165) is 32.4 Å². The smallest absolute Gasteiger partial charge is 0.321 e. The first-order valence-electron chi connectivity index (χ1n) is 5.78. The number of carbonyl (C=O) groups excluding carboxylic acids is 1. The number of rotatable bonds is 1. The molecule has 0 saturated carbocycles. The second-order valence-corrected chi connectivity index (χ2v) is 4.21. The Morgan fingerprint density at radius 1 is 1.29 bits per heavy atom. The molecule has 0 unspecified atom stereocenters. The molecule has 17 heavy (non-hydrogen) atoms. The van der Waals surface area contributed by atoms with Crippen molar-refractivity contribution >= 4 is 17.4 Å². The summed E-state index contributed by atoms with van der Waals surface area (Å²) in [6.07, 6.45) is 3.20. The number of hydrogen-bond donors (Lipinski definition) is 2. The number of nitrogen functional groups attached to an aromatic ring is 1. The maximum absolute atomic E-state index is 13.0. The number of urea groups is 1. The minimum Gasteiger partial charge on any atom is -0.397 e. The van der Waals surface area contributed by atoms with Gasteiger partial charge in [0.05, 0.1) is 11.4 Å². The van der Waals surface area contributed by atoms with Gasteiger partial charge in [0.15, 0.2) is 0 Å². The van der Waals surface area contributed by atoms with E-state index in [1.54, 1.807) is 4.90 Å². The van der Waals surface area contributed by atoms with Crippen molar-refractivity contribution in [2.45, 2.75) is 19.3 Å². The largest absolute Gasteiger partial charge is 0.397 e. The number of carbonyl (C=O) groups is 1. The molecule has 1 aliphatic rings. The van der Waals surface area contributed by atoms with Crippen LogP contribution in [-0.2, 0) is 0 Å². The van der Waals surface area contributed by atoms with Gasteiger partial charge in [-0.05, 0) is 37.5 Å². The predicted molar refractivity (Wildman–Crippen MR) is 65.3 cm³/mol. The van der Waals surface area contributed by atoms with Crippen molar-refractivity contribution in [1.82, 2.24) is 4.90 Å². The van der Waals surface area contributed by atoms with E-state index < -0.39 is 5.82 Å². The Labute approximate surface area is 99.6 Å². The minimum absolute atomic E-state index is 0.206. The molecule has 1 aromatic carbocycles. The number of halogens is 1. The molecular formula is C12H16FN3O. The second kappa shape index (κ2) is 5.03. The van der Waals surface area contributed by atoms with Gasteiger partial charge in [0.1, 0.15) is 5.82 Å². The van der Waals surface area contributed by atoms with Crippen molar-refractivity contribution in [3.8, 4) is 0 Å². The normalized spacial score (nSPS) is 15.7. The van der Waals surface area contributed by atoms with Gasteiger partial charge >= 0.3 is 6.03 Å². The summed E-state index contributed by atoms with van der Waals surface area (Å²) in [5, 5.41) is 2.64. The van der Waals surface area contributed by atoms with Gasteiger partial charge in [0.2, 0.25) is 0 Å². The van der Waals surface area contributed by atoms with Crippen LogP contribution in [0.15, 0.2) is 18.2 Å². The zero-order valence-corrected chi connectivity index (χ0v) is 9.58. The fraction of sp³-hybridized carbons (Fsp3) is 0.417. The predicted octanol–water partition coefficient (Wildman–Crippen LogP) is 2.43. The summed E-state index contributed by atoms with van der Waals surface area (Å²) in [4.78, 5) is 13.6. The number of hydrogen-bond acceptors (Lipinski definition) is 2. The van der Waals surface area contributed by atoms with E-state index in [4.69, 9.17) is 5.73 Å². The molecule has 1 aromatic rings. The topological polar surface area (TPSA) is 58.4 Å². The summed E-state index contributed by atoms with van der Waals surface area (Å²) < 4.78 is 13.0. The van der Waals surface area contributed by atoms with Crippen molar-refractivity contribution in [2.75, 3.05) is 24.1 Å². The molecule has 4 nitrogen and oxygen atoms in total. The van der Waals surface area contributed by atoms with Gasteiger partial charge in [0.25, 0.3) is 0 Å². The van der Waals surface area contributed by atoms with Gasteiger partial charge < -0.3 is 16.0 Å². The third kappa shape index (κ3) is 2.87. The van der Waals surface area contributed by atoms with Crippen LogP contribution in [-0.4, -0.2) is 24.0 Å². The first-order chi connectivity index (χ1) is 8.16. The maximum atomic E-state index is 13.0. The summed E-state index contributed by atoms with van der Waals surface area (Å²) >= 11 is 0. The van der Waals surface area contributed by atoms with Crippen molar-refractivity contribution in [2.24, 2.45) is 0 Å². The Hall–Kier alpha value is -1.78. The SMILES string of the molecule is Nc1ccc(F)cc1NC(=O)N1CCCCC1. The molecule has 0 bridgehead atoms. The van der Waals surface area contributed by atoms with Gasteiger partial charge in [-0.2, -0.15) is 0 Å². The Morgan fingerprint density at radius 3 is 2.71 bits per heavy atom. The van der Waals surface area contributed by atoms with Crippen LogP contribution in [0.2, 0.25) is 0 Å². The highest BCUT2D eigenvalue weighted by molar-refractivity contribution is 5.92. The number of piperidine rings is 1. The lowest BCUT2D eigenvalue weighted by molar-refractivity contribution is 0.200. The molecule has 1 aliphatic heterocycles. The monoisotopic (exact) mass is 237 g/mol. The Balaban J connectivity index is 2.04. The number of anilines is 2. The lowest BCUT2D eigenvalue weighted by Gasteiger charge is -2.27. The number of nitrogens with two attached hydrogens (primary N) is 1. The number of nitrogens with one attached hydrogen (secondary N) is 1. The summed E-state index contributed by atoms with van der Waals surface area (Å²) in [7, 11) is 0. The standard InChI is InChI=1S/C12H16FN3O/c13-9-4-5-10(14)11(8-9)15-12(17)16-6-2-1-3-7-16/h4-5,8H,1-3,6-7,14H2,(H,15,17). The molecule has 3 N–H and O–H groups in total. The quantitative estimate of drug-likeness (QED) is 0.737. The molecule has 2 amide bonds. The van der Waals surface area contributed by atoms with Crippen molar-refractivity contribution in [1.29, 1.82) is 0 Å². The Morgan fingerprint density at radius 2 is 2.00 bits per heavy atom. The van der Waals surface area contributed by atoms with E-state index in [-0.39, 0.29) is 6.03 Å². The van der Waals surface area contributed by atoms with Crippen LogP contribution in [0.4, 0.5) is 20.6 Å². The molecule has 1 saturated heterocycles. The molecule has 0 aliphatic carbocycles. The second-order valence-electron chi connectivity index (χ2n) is 4.21. The highest BCUT2D eigenvalue weighted by Gasteiger charge is 2.17. The van der Waals surface area contributed by atoms with Crippen LogP contribution in [0.3, 0.4) is 0 Å². The number of benzene rings is 1. The van der Waals surface area contributed by atoms with Crippen molar-refractivity contribution < 1.29 is 9.18 Å². The number of amides is 2. The Kier molecular flexibility index (Phi) is 3.46. The van der Waals surface area contributed by atoms with Crippen molar-refractivity contribution in [3.05, 3.63) is 24.0 Å². The first kappa shape index (κ1) is 11.7. The fourth-order valence-corrected chi connectivity index (χ4v) is 1.93. The van der Waals surface area contributed by atoms with Crippen LogP contribution in [0.5, 0.6) is 0 Å². The third-order valence-electron chi connectivity index (χ3n) is 2.90. The minimum atomic E-state index is -0.409. The lowest BCUT2D eigenvalue weighted by atomic mass is 10.1. The summed E-state index contributed by atoms with van der Waals surface area (Å²) in [5.74, 6) is -0.409. The summed E-state index contributed by atoms with van der Waals surface area (Å²) in [5.41, 5.74) is 6.37. The van der Waals surface area contributed by atoms with Crippen LogP contribution >= 0.6 is 0 Å². The van der Waals surface area contributed by atoms with Gasteiger partial charge in [-0.1, -0.05) is 0 Å². The molecule has 0 aromatic heterocycles. The van der Waals surface area contributed by atoms with Crippen LogP contribution in [0.25, 0.3) is 0 Å². The molecule has 92 valence electrons. The summed E-state index contributed by atoms with van der Waals surface area (Å²) in [6.45, 7) is 1.50. The van der Waals surface area contributed by atoms with Gasteiger partial charge in [-0.15, -0.1) is 0 Å². The van der Waals surface area contributed by atoms with E-state index in [0.29, 0.717) is 11.4 Å². The van der Waals surface area contributed by atoms with Gasteiger partial charge in [-0.3, -0.25) is 0 Å².